The van der Waals surface area contributed by atoms with Gasteiger partial charge >= 0.3 is 0 Å². The lowest BCUT2D eigenvalue weighted by atomic mass is 10.1. The second-order valence-corrected chi connectivity index (χ2v) is 6.90. The molecular formula is C14H22N2O2S. The minimum absolute atomic E-state index is 0.112. The third-order valence-corrected chi connectivity index (χ3v) is 5.34. The van der Waals surface area contributed by atoms with Gasteiger partial charge in [0, 0.05) is 12.1 Å². The van der Waals surface area contributed by atoms with Crippen LogP contribution in [-0.4, -0.2) is 21.5 Å². The molecule has 106 valence electrons. The quantitative estimate of drug-likeness (QED) is 0.870. The average molecular weight is 282 g/mol. The second-order valence-electron chi connectivity index (χ2n) is 5.18. The van der Waals surface area contributed by atoms with E-state index in [4.69, 9.17) is 0 Å². The Morgan fingerprint density at radius 3 is 2.26 bits per heavy atom. The maximum absolute atomic E-state index is 12.2. The smallest absolute Gasteiger partial charge is 0.240 e. The van der Waals surface area contributed by atoms with Crippen molar-refractivity contribution in [3.8, 4) is 0 Å². The van der Waals surface area contributed by atoms with Crippen LogP contribution >= 0.6 is 0 Å². The monoisotopic (exact) mass is 282 g/mol. The lowest BCUT2D eigenvalue weighted by molar-refractivity contribution is 0.552. The van der Waals surface area contributed by atoms with Gasteiger partial charge in [0.15, 0.2) is 0 Å². The van der Waals surface area contributed by atoms with Gasteiger partial charge in [0.2, 0.25) is 10.0 Å². The van der Waals surface area contributed by atoms with Crippen LogP contribution in [0.15, 0.2) is 29.2 Å². The van der Waals surface area contributed by atoms with Crippen LogP contribution in [0, 0.1) is 0 Å². The van der Waals surface area contributed by atoms with Crippen molar-refractivity contribution in [3.63, 3.8) is 0 Å². The number of hydrogen-bond acceptors (Lipinski definition) is 3. The molecule has 0 radical (unpaired) electrons. The summed E-state index contributed by atoms with van der Waals surface area (Å²) in [6.45, 7) is 2.04. The third-order valence-electron chi connectivity index (χ3n) is 3.80. The van der Waals surface area contributed by atoms with E-state index in [-0.39, 0.29) is 12.1 Å². The van der Waals surface area contributed by atoms with E-state index in [0.717, 1.165) is 31.2 Å². The number of hydrogen-bond donors (Lipinski definition) is 2. The fourth-order valence-corrected chi connectivity index (χ4v) is 3.74. The number of rotatable bonds is 5. The van der Waals surface area contributed by atoms with Gasteiger partial charge in [-0.05, 0) is 44.5 Å². The Labute approximate surface area is 115 Å². The Balaban J connectivity index is 2.11. The highest BCUT2D eigenvalue weighted by atomic mass is 32.2. The van der Waals surface area contributed by atoms with Crippen molar-refractivity contribution in [2.75, 3.05) is 7.05 Å². The van der Waals surface area contributed by atoms with Crippen molar-refractivity contribution in [1.29, 1.82) is 0 Å². The van der Waals surface area contributed by atoms with Crippen molar-refractivity contribution in [1.82, 2.24) is 10.0 Å². The molecule has 19 heavy (non-hydrogen) atoms. The highest BCUT2D eigenvalue weighted by Gasteiger charge is 2.22. The molecule has 1 aliphatic rings. The molecule has 1 fully saturated rings. The summed E-state index contributed by atoms with van der Waals surface area (Å²) in [7, 11) is -1.48. The molecule has 0 bridgehead atoms. The van der Waals surface area contributed by atoms with Gasteiger partial charge in [-0.15, -0.1) is 0 Å². The second kappa shape index (κ2) is 6.03. The topological polar surface area (TPSA) is 58.2 Å². The molecule has 0 aliphatic heterocycles. The first-order valence-electron chi connectivity index (χ1n) is 6.82. The molecule has 1 aromatic carbocycles. The molecule has 4 nitrogen and oxygen atoms in total. The summed E-state index contributed by atoms with van der Waals surface area (Å²) >= 11 is 0. The van der Waals surface area contributed by atoms with E-state index in [1.807, 2.05) is 26.1 Å². The average Bonchev–Trinajstić information content (AvgIpc) is 2.90. The lowest BCUT2D eigenvalue weighted by Gasteiger charge is -2.14. The summed E-state index contributed by atoms with van der Waals surface area (Å²) in [5.74, 6) is 0. The first-order chi connectivity index (χ1) is 9.03. The molecule has 0 amide bonds. The number of sulfonamides is 1. The highest BCUT2D eigenvalue weighted by molar-refractivity contribution is 7.89. The van der Waals surface area contributed by atoms with Gasteiger partial charge in [-0.3, -0.25) is 0 Å². The molecule has 2 rings (SSSR count). The van der Waals surface area contributed by atoms with E-state index < -0.39 is 10.0 Å². The minimum Gasteiger partial charge on any atom is -0.313 e. The molecule has 1 aromatic rings. The zero-order chi connectivity index (χ0) is 13.9. The van der Waals surface area contributed by atoms with Crippen molar-refractivity contribution >= 4 is 10.0 Å². The van der Waals surface area contributed by atoms with E-state index >= 15 is 0 Å². The Hall–Kier alpha value is -0.910. The maximum atomic E-state index is 12.2. The van der Waals surface area contributed by atoms with Crippen LogP contribution in [0.3, 0.4) is 0 Å². The van der Waals surface area contributed by atoms with Crippen molar-refractivity contribution < 1.29 is 8.42 Å². The van der Waals surface area contributed by atoms with Crippen LogP contribution in [0.1, 0.15) is 44.2 Å². The summed E-state index contributed by atoms with van der Waals surface area (Å²) < 4.78 is 27.2. The predicted molar refractivity (Wildman–Crippen MR) is 76.5 cm³/mol. The summed E-state index contributed by atoms with van der Waals surface area (Å²) in [6, 6.07) is 7.43. The zero-order valence-corrected chi connectivity index (χ0v) is 12.3. The lowest BCUT2D eigenvalue weighted by Crippen LogP contribution is -2.32. The summed E-state index contributed by atoms with van der Waals surface area (Å²) in [5.41, 5.74) is 1.09. The van der Waals surface area contributed by atoms with Crippen molar-refractivity contribution in [2.24, 2.45) is 0 Å². The minimum atomic E-state index is -3.36. The molecule has 1 unspecified atom stereocenters. The van der Waals surface area contributed by atoms with Crippen molar-refractivity contribution in [3.05, 3.63) is 29.8 Å². The molecule has 1 aliphatic carbocycles. The van der Waals surface area contributed by atoms with Crippen LogP contribution in [0.5, 0.6) is 0 Å². The number of benzene rings is 1. The Morgan fingerprint density at radius 2 is 1.74 bits per heavy atom. The van der Waals surface area contributed by atoms with Gasteiger partial charge in [0.1, 0.15) is 0 Å². The summed E-state index contributed by atoms with van der Waals surface area (Å²) in [4.78, 5) is 0.353. The van der Waals surface area contributed by atoms with E-state index in [1.54, 1.807) is 12.1 Å². The van der Waals surface area contributed by atoms with Crippen LogP contribution in [0.25, 0.3) is 0 Å². The van der Waals surface area contributed by atoms with Crippen molar-refractivity contribution in [2.45, 2.75) is 49.6 Å². The van der Waals surface area contributed by atoms with E-state index in [1.165, 1.54) is 0 Å². The van der Waals surface area contributed by atoms with Gasteiger partial charge in [-0.1, -0.05) is 25.0 Å². The van der Waals surface area contributed by atoms with Gasteiger partial charge in [0.05, 0.1) is 4.90 Å². The van der Waals surface area contributed by atoms with Gasteiger partial charge in [-0.2, -0.15) is 0 Å². The third kappa shape index (κ3) is 3.55. The van der Waals surface area contributed by atoms with Gasteiger partial charge in [-0.25, -0.2) is 13.1 Å². The van der Waals surface area contributed by atoms with E-state index in [0.29, 0.717) is 4.90 Å². The Bertz CT molecular complexity index is 505. The first kappa shape index (κ1) is 14.5. The SMILES string of the molecule is CNC(C)c1ccc(S(=O)(=O)NC2CCCC2)cc1. The first-order valence-corrected chi connectivity index (χ1v) is 8.31. The normalized spacial score (nSPS) is 18.6. The standard InChI is InChI=1S/C14H22N2O2S/c1-11(15-2)12-7-9-14(10-8-12)19(17,18)16-13-5-3-4-6-13/h7-11,13,15-16H,3-6H2,1-2H3. The molecule has 2 N–H and O–H groups in total. The molecule has 0 saturated heterocycles. The molecule has 5 heteroatoms. The van der Waals surface area contributed by atoms with Crippen LogP contribution in [-0.2, 0) is 10.0 Å². The fraction of sp³-hybridized carbons (Fsp3) is 0.571. The molecule has 1 atom stereocenters. The van der Waals surface area contributed by atoms with Crippen LogP contribution in [0.2, 0.25) is 0 Å². The molecular weight excluding hydrogens is 260 g/mol. The van der Waals surface area contributed by atoms with Gasteiger partial charge < -0.3 is 5.32 Å². The van der Waals surface area contributed by atoms with Crippen LogP contribution < -0.4 is 10.0 Å². The summed E-state index contributed by atoms with van der Waals surface area (Å²) in [6.07, 6.45) is 4.14. The Kier molecular flexibility index (Phi) is 4.60. The molecule has 0 spiro atoms. The largest absolute Gasteiger partial charge is 0.313 e. The highest BCUT2D eigenvalue weighted by Crippen LogP contribution is 2.21. The van der Waals surface area contributed by atoms with E-state index in [9.17, 15) is 8.42 Å². The maximum Gasteiger partial charge on any atom is 0.240 e. The molecule has 1 saturated carbocycles. The molecule has 0 aromatic heterocycles. The van der Waals surface area contributed by atoms with Gasteiger partial charge in [0.25, 0.3) is 0 Å². The zero-order valence-electron chi connectivity index (χ0n) is 11.5. The van der Waals surface area contributed by atoms with Crippen LogP contribution in [0.4, 0.5) is 0 Å². The molecule has 0 heterocycles. The number of nitrogens with one attached hydrogen (secondary N) is 2. The fourth-order valence-electron chi connectivity index (χ4n) is 2.43. The predicted octanol–water partition coefficient (Wildman–Crippen LogP) is 2.19. The van der Waals surface area contributed by atoms with E-state index in [2.05, 4.69) is 10.0 Å². The Morgan fingerprint density at radius 1 is 1.16 bits per heavy atom. The summed E-state index contributed by atoms with van der Waals surface area (Å²) in [5, 5.41) is 3.13.